The summed E-state index contributed by atoms with van der Waals surface area (Å²) >= 11 is 0. The lowest BCUT2D eigenvalue weighted by Gasteiger charge is -2.38. The van der Waals surface area contributed by atoms with Crippen molar-refractivity contribution in [1.82, 2.24) is 4.90 Å². The fourth-order valence-electron chi connectivity index (χ4n) is 2.42. The van der Waals surface area contributed by atoms with Crippen LogP contribution in [0.25, 0.3) is 0 Å². The van der Waals surface area contributed by atoms with Gasteiger partial charge in [0.1, 0.15) is 0 Å². The highest BCUT2D eigenvalue weighted by Gasteiger charge is 2.30. The van der Waals surface area contributed by atoms with Crippen LogP contribution >= 0.6 is 0 Å². The molecule has 0 radical (unpaired) electrons. The fraction of sp³-hybridized carbons (Fsp3) is 1.00. The zero-order chi connectivity index (χ0) is 9.84. The molecule has 1 fully saturated rings. The monoisotopic (exact) mass is 185 g/mol. The lowest BCUT2D eigenvalue weighted by atomic mass is 9.84. The van der Waals surface area contributed by atoms with Crippen LogP contribution in [0.15, 0.2) is 0 Å². The molecule has 1 rings (SSSR count). The molecule has 1 aliphatic carbocycles. The van der Waals surface area contributed by atoms with Crippen LogP contribution < -0.4 is 0 Å². The molecule has 0 saturated heterocycles. The Morgan fingerprint density at radius 3 is 2.38 bits per heavy atom. The number of hydrogen-bond donors (Lipinski definition) is 1. The van der Waals surface area contributed by atoms with Crippen molar-refractivity contribution in [2.75, 3.05) is 13.1 Å². The number of hydrogen-bond acceptors (Lipinski definition) is 2. The normalized spacial score (nSPS) is 35.3. The van der Waals surface area contributed by atoms with Crippen LogP contribution in [0.4, 0.5) is 0 Å². The molecule has 2 heteroatoms. The van der Waals surface area contributed by atoms with E-state index in [2.05, 4.69) is 25.7 Å². The van der Waals surface area contributed by atoms with Crippen LogP contribution in [0.1, 0.15) is 40.0 Å². The average Bonchev–Trinajstić information content (AvgIpc) is 2.13. The van der Waals surface area contributed by atoms with Crippen molar-refractivity contribution in [2.45, 2.75) is 52.2 Å². The minimum atomic E-state index is -0.0869. The molecule has 0 amide bonds. The Bertz CT molecular complexity index is 145. The lowest BCUT2D eigenvalue weighted by Crippen LogP contribution is -2.46. The third-order valence-corrected chi connectivity index (χ3v) is 3.32. The van der Waals surface area contributed by atoms with Gasteiger partial charge in [-0.05, 0) is 38.3 Å². The van der Waals surface area contributed by atoms with E-state index >= 15 is 0 Å². The third kappa shape index (κ3) is 2.68. The Morgan fingerprint density at radius 1 is 1.23 bits per heavy atom. The second kappa shape index (κ2) is 4.97. The quantitative estimate of drug-likeness (QED) is 0.725. The molecule has 0 bridgehead atoms. The van der Waals surface area contributed by atoms with Gasteiger partial charge in [-0.25, -0.2) is 0 Å². The number of likely N-dealkylation sites (N-methyl/N-ethyl adjacent to an activating group) is 1. The molecule has 0 spiro atoms. The van der Waals surface area contributed by atoms with Crippen molar-refractivity contribution < 1.29 is 5.11 Å². The molecule has 13 heavy (non-hydrogen) atoms. The summed E-state index contributed by atoms with van der Waals surface area (Å²) in [6.07, 6.45) is 3.26. The van der Waals surface area contributed by atoms with Gasteiger partial charge in [-0.1, -0.05) is 20.8 Å². The van der Waals surface area contributed by atoms with Crippen LogP contribution in [-0.4, -0.2) is 35.2 Å². The molecule has 1 saturated carbocycles. The summed E-state index contributed by atoms with van der Waals surface area (Å²) in [7, 11) is 0. The molecule has 1 aliphatic rings. The van der Waals surface area contributed by atoms with Gasteiger partial charge in [0.05, 0.1) is 6.10 Å². The van der Waals surface area contributed by atoms with Gasteiger partial charge in [-0.3, -0.25) is 4.90 Å². The van der Waals surface area contributed by atoms with Crippen LogP contribution in [-0.2, 0) is 0 Å². The van der Waals surface area contributed by atoms with Crippen LogP contribution in [0.2, 0.25) is 0 Å². The number of aliphatic hydroxyl groups excluding tert-OH is 1. The highest BCUT2D eigenvalue weighted by molar-refractivity contribution is 4.84. The molecule has 0 aliphatic heterocycles. The van der Waals surface area contributed by atoms with Gasteiger partial charge in [0, 0.05) is 6.04 Å². The predicted molar refractivity (Wildman–Crippen MR) is 55.7 cm³/mol. The molecule has 3 unspecified atom stereocenters. The lowest BCUT2D eigenvalue weighted by molar-refractivity contribution is 0.0101. The Balaban J connectivity index is 2.53. The van der Waals surface area contributed by atoms with Crippen molar-refractivity contribution in [2.24, 2.45) is 5.92 Å². The topological polar surface area (TPSA) is 23.5 Å². The Morgan fingerprint density at radius 2 is 1.85 bits per heavy atom. The molecule has 0 aromatic rings. The van der Waals surface area contributed by atoms with Crippen molar-refractivity contribution in [3.05, 3.63) is 0 Å². The van der Waals surface area contributed by atoms with Gasteiger partial charge >= 0.3 is 0 Å². The fourth-order valence-corrected chi connectivity index (χ4v) is 2.42. The summed E-state index contributed by atoms with van der Waals surface area (Å²) in [5, 5.41) is 9.88. The van der Waals surface area contributed by atoms with E-state index in [0.29, 0.717) is 6.04 Å². The zero-order valence-electron chi connectivity index (χ0n) is 9.16. The SMILES string of the molecule is CCN(CC)C1CC(C)CCC1O. The maximum atomic E-state index is 9.88. The molecule has 3 atom stereocenters. The van der Waals surface area contributed by atoms with E-state index in [1.54, 1.807) is 0 Å². The highest BCUT2D eigenvalue weighted by Crippen LogP contribution is 2.27. The van der Waals surface area contributed by atoms with E-state index in [-0.39, 0.29) is 6.10 Å². The molecule has 0 aromatic heterocycles. The first kappa shape index (κ1) is 11.0. The van der Waals surface area contributed by atoms with E-state index in [9.17, 15) is 5.11 Å². The molecule has 0 heterocycles. The maximum absolute atomic E-state index is 9.88. The van der Waals surface area contributed by atoms with Crippen molar-refractivity contribution in [1.29, 1.82) is 0 Å². The summed E-state index contributed by atoms with van der Waals surface area (Å²) in [6.45, 7) is 8.77. The molecule has 0 aromatic carbocycles. The first-order valence-corrected chi connectivity index (χ1v) is 5.61. The molecule has 2 nitrogen and oxygen atoms in total. The molecular formula is C11H23NO. The molecule has 78 valence electrons. The number of rotatable bonds is 3. The zero-order valence-corrected chi connectivity index (χ0v) is 9.16. The maximum Gasteiger partial charge on any atom is 0.0695 e. The van der Waals surface area contributed by atoms with Gasteiger partial charge in [0.2, 0.25) is 0 Å². The van der Waals surface area contributed by atoms with Gasteiger partial charge in [0.25, 0.3) is 0 Å². The van der Waals surface area contributed by atoms with Crippen LogP contribution in [0, 0.1) is 5.92 Å². The summed E-state index contributed by atoms with van der Waals surface area (Å²) in [4.78, 5) is 2.39. The van der Waals surface area contributed by atoms with Crippen molar-refractivity contribution >= 4 is 0 Å². The number of aliphatic hydroxyl groups is 1. The summed E-state index contributed by atoms with van der Waals surface area (Å²) < 4.78 is 0. The Kier molecular flexibility index (Phi) is 4.20. The second-order valence-corrected chi connectivity index (χ2v) is 4.27. The first-order chi connectivity index (χ1) is 6.19. The van der Waals surface area contributed by atoms with Crippen molar-refractivity contribution in [3.8, 4) is 0 Å². The largest absolute Gasteiger partial charge is 0.391 e. The molecule has 1 N–H and O–H groups in total. The van der Waals surface area contributed by atoms with Gasteiger partial charge in [0.15, 0.2) is 0 Å². The van der Waals surface area contributed by atoms with E-state index in [1.807, 2.05) is 0 Å². The minimum absolute atomic E-state index is 0.0869. The van der Waals surface area contributed by atoms with Crippen LogP contribution in [0.5, 0.6) is 0 Å². The van der Waals surface area contributed by atoms with Crippen LogP contribution in [0.3, 0.4) is 0 Å². The van der Waals surface area contributed by atoms with E-state index in [0.717, 1.165) is 25.4 Å². The Labute approximate surface area is 81.9 Å². The van der Waals surface area contributed by atoms with E-state index in [1.165, 1.54) is 12.8 Å². The van der Waals surface area contributed by atoms with E-state index < -0.39 is 0 Å². The highest BCUT2D eigenvalue weighted by atomic mass is 16.3. The van der Waals surface area contributed by atoms with Gasteiger partial charge in [-0.2, -0.15) is 0 Å². The third-order valence-electron chi connectivity index (χ3n) is 3.32. The van der Waals surface area contributed by atoms with E-state index in [4.69, 9.17) is 0 Å². The van der Waals surface area contributed by atoms with Crippen molar-refractivity contribution in [3.63, 3.8) is 0 Å². The minimum Gasteiger partial charge on any atom is -0.391 e. The second-order valence-electron chi connectivity index (χ2n) is 4.27. The number of nitrogens with zero attached hydrogens (tertiary/aromatic N) is 1. The summed E-state index contributed by atoms with van der Waals surface area (Å²) in [5.41, 5.74) is 0. The summed E-state index contributed by atoms with van der Waals surface area (Å²) in [6, 6.07) is 0.416. The van der Waals surface area contributed by atoms with Gasteiger partial charge in [-0.15, -0.1) is 0 Å². The van der Waals surface area contributed by atoms with Gasteiger partial charge < -0.3 is 5.11 Å². The average molecular weight is 185 g/mol. The molecular weight excluding hydrogens is 162 g/mol. The first-order valence-electron chi connectivity index (χ1n) is 5.61. The Hall–Kier alpha value is -0.0800. The standard InChI is InChI=1S/C11H23NO/c1-4-12(5-2)10-8-9(3)6-7-11(10)13/h9-11,13H,4-8H2,1-3H3. The predicted octanol–water partition coefficient (Wildman–Crippen LogP) is 1.88. The summed E-state index contributed by atoms with van der Waals surface area (Å²) in [5.74, 6) is 0.786. The smallest absolute Gasteiger partial charge is 0.0695 e.